The maximum absolute atomic E-state index is 12.7. The minimum absolute atomic E-state index is 0.198. The van der Waals surface area contributed by atoms with Crippen LogP contribution in [0.25, 0.3) is 0 Å². The Morgan fingerprint density at radius 1 is 0.824 bits per heavy atom. The van der Waals surface area contributed by atoms with E-state index in [-0.39, 0.29) is 16.7 Å². The van der Waals surface area contributed by atoms with E-state index >= 15 is 0 Å². The molecule has 0 unspecified atom stereocenters. The largest absolute Gasteiger partial charge is 0.281 e. The van der Waals surface area contributed by atoms with Gasteiger partial charge >= 0.3 is 0 Å². The molecule has 86 valence electrons. The van der Waals surface area contributed by atoms with Crippen molar-refractivity contribution in [2.75, 3.05) is 0 Å². The van der Waals surface area contributed by atoms with Crippen molar-refractivity contribution >= 4 is 16.9 Å². The molecule has 0 aliphatic rings. The van der Waals surface area contributed by atoms with Gasteiger partial charge in [0, 0.05) is 10.5 Å². The lowest BCUT2D eigenvalue weighted by atomic mass is 10.2. The normalized spacial score (nSPS) is 10.2. The quantitative estimate of drug-likeness (QED) is 0.752. The van der Waals surface area contributed by atoms with Crippen LogP contribution in [0.5, 0.6) is 0 Å². The van der Waals surface area contributed by atoms with Gasteiger partial charge in [0.2, 0.25) is 5.12 Å². The van der Waals surface area contributed by atoms with Gasteiger partial charge < -0.3 is 0 Å². The number of hydrogen-bond acceptors (Lipinski definition) is 2. The van der Waals surface area contributed by atoms with E-state index in [0.29, 0.717) is 10.5 Å². The molecular formula is C13H8F2OS. The molecule has 0 saturated heterocycles. The average Bonchev–Trinajstić information content (AvgIpc) is 2.33. The van der Waals surface area contributed by atoms with Crippen LogP contribution in [0.3, 0.4) is 0 Å². The molecular weight excluding hydrogens is 242 g/mol. The molecule has 0 saturated carbocycles. The second-order valence-electron chi connectivity index (χ2n) is 3.35. The van der Waals surface area contributed by atoms with Crippen LogP contribution in [0.1, 0.15) is 10.4 Å². The van der Waals surface area contributed by atoms with Crippen LogP contribution in [-0.4, -0.2) is 5.12 Å². The van der Waals surface area contributed by atoms with Crippen LogP contribution in [0.15, 0.2) is 53.4 Å². The first-order valence-corrected chi connectivity index (χ1v) is 5.70. The van der Waals surface area contributed by atoms with Crippen LogP contribution in [0.4, 0.5) is 8.78 Å². The number of carbonyl (C=O) groups is 1. The average molecular weight is 250 g/mol. The van der Waals surface area contributed by atoms with E-state index in [1.807, 2.05) is 0 Å². The number of carbonyl (C=O) groups excluding carboxylic acids is 1. The van der Waals surface area contributed by atoms with Crippen LogP contribution in [0.2, 0.25) is 0 Å². The molecule has 0 aliphatic carbocycles. The summed E-state index contributed by atoms with van der Waals surface area (Å²) in [6, 6.07) is 11.0. The molecule has 0 spiro atoms. The molecule has 0 atom stereocenters. The summed E-state index contributed by atoms with van der Waals surface area (Å²) < 4.78 is 25.3. The van der Waals surface area contributed by atoms with E-state index in [9.17, 15) is 13.6 Å². The summed E-state index contributed by atoms with van der Waals surface area (Å²) in [6.45, 7) is 0. The topological polar surface area (TPSA) is 17.1 Å². The molecule has 0 amide bonds. The van der Waals surface area contributed by atoms with Gasteiger partial charge in [-0.3, -0.25) is 4.79 Å². The summed E-state index contributed by atoms with van der Waals surface area (Å²) in [7, 11) is 0. The molecule has 0 N–H and O–H groups in total. The van der Waals surface area contributed by atoms with Crippen LogP contribution < -0.4 is 0 Å². The first-order chi connectivity index (χ1) is 8.15. The third kappa shape index (κ3) is 3.14. The molecule has 1 nitrogen and oxygen atoms in total. The molecule has 2 aromatic carbocycles. The standard InChI is InChI=1S/C13H8F2OS/c14-10-3-1-9(2-4-10)13(16)17-12-7-5-11(15)6-8-12/h1-8H. The van der Waals surface area contributed by atoms with Gasteiger partial charge in [-0.15, -0.1) is 0 Å². The van der Waals surface area contributed by atoms with Gasteiger partial charge in [-0.25, -0.2) is 8.78 Å². The second kappa shape index (κ2) is 5.10. The Morgan fingerprint density at radius 3 is 1.82 bits per heavy atom. The molecule has 2 rings (SSSR count). The van der Waals surface area contributed by atoms with Gasteiger partial charge in [0.15, 0.2) is 0 Å². The monoisotopic (exact) mass is 250 g/mol. The van der Waals surface area contributed by atoms with Gasteiger partial charge in [-0.1, -0.05) is 0 Å². The maximum atomic E-state index is 12.7. The smallest absolute Gasteiger partial charge is 0.224 e. The Kier molecular flexibility index (Phi) is 3.54. The Morgan fingerprint density at radius 2 is 1.29 bits per heavy atom. The summed E-state index contributed by atoms with van der Waals surface area (Å²) in [6.07, 6.45) is 0. The Balaban J connectivity index is 2.11. The second-order valence-corrected chi connectivity index (χ2v) is 4.40. The van der Waals surface area contributed by atoms with E-state index in [4.69, 9.17) is 0 Å². The lowest BCUT2D eigenvalue weighted by Gasteiger charge is -2.00. The van der Waals surface area contributed by atoms with Crippen molar-refractivity contribution < 1.29 is 13.6 Å². The van der Waals surface area contributed by atoms with Crippen molar-refractivity contribution in [1.82, 2.24) is 0 Å². The van der Waals surface area contributed by atoms with Gasteiger partial charge in [0.25, 0.3) is 0 Å². The molecule has 0 heterocycles. The van der Waals surface area contributed by atoms with Crippen molar-refractivity contribution in [3.8, 4) is 0 Å². The lowest BCUT2D eigenvalue weighted by molar-refractivity contribution is 0.108. The molecule has 0 bridgehead atoms. The summed E-state index contributed by atoms with van der Waals surface area (Å²) in [4.78, 5) is 12.4. The maximum Gasteiger partial charge on any atom is 0.224 e. The molecule has 17 heavy (non-hydrogen) atoms. The third-order valence-corrected chi connectivity index (χ3v) is 3.03. The highest BCUT2D eigenvalue weighted by molar-refractivity contribution is 8.14. The number of thioether (sulfide) groups is 1. The number of benzene rings is 2. The van der Waals surface area contributed by atoms with Gasteiger partial charge in [0.1, 0.15) is 11.6 Å². The highest BCUT2D eigenvalue weighted by atomic mass is 32.2. The fourth-order valence-electron chi connectivity index (χ4n) is 1.25. The summed E-state index contributed by atoms with van der Waals surface area (Å²) in [5, 5.41) is -0.198. The van der Waals surface area contributed by atoms with Crippen LogP contribution in [-0.2, 0) is 0 Å². The number of rotatable bonds is 2. The Bertz CT molecular complexity index is 520. The van der Waals surface area contributed by atoms with Gasteiger partial charge in [-0.05, 0) is 60.3 Å². The number of hydrogen-bond donors (Lipinski definition) is 0. The zero-order chi connectivity index (χ0) is 12.3. The first kappa shape index (κ1) is 11.8. The predicted molar refractivity (Wildman–Crippen MR) is 63.0 cm³/mol. The van der Waals surface area contributed by atoms with Crippen molar-refractivity contribution in [3.63, 3.8) is 0 Å². The van der Waals surface area contributed by atoms with Crippen LogP contribution in [0, 0.1) is 11.6 Å². The predicted octanol–water partition coefficient (Wildman–Crippen LogP) is 3.90. The molecule has 4 heteroatoms. The molecule has 0 aliphatic heterocycles. The van der Waals surface area contributed by atoms with E-state index in [2.05, 4.69) is 0 Å². The van der Waals surface area contributed by atoms with Crippen molar-refractivity contribution in [2.45, 2.75) is 4.90 Å². The molecule has 0 aromatic heterocycles. The minimum atomic E-state index is -0.381. The van der Waals surface area contributed by atoms with E-state index in [1.54, 1.807) is 0 Å². The third-order valence-electron chi connectivity index (χ3n) is 2.10. The fraction of sp³-hybridized carbons (Fsp3) is 0. The zero-order valence-electron chi connectivity index (χ0n) is 8.69. The highest BCUT2D eigenvalue weighted by Gasteiger charge is 2.08. The molecule has 2 aromatic rings. The fourth-order valence-corrected chi connectivity index (χ4v) is 1.99. The summed E-state index contributed by atoms with van der Waals surface area (Å²) in [5.74, 6) is -0.725. The minimum Gasteiger partial charge on any atom is -0.281 e. The van der Waals surface area contributed by atoms with Gasteiger partial charge in [0.05, 0.1) is 0 Å². The van der Waals surface area contributed by atoms with E-state index in [0.717, 1.165) is 11.8 Å². The Labute approximate surface area is 101 Å². The van der Waals surface area contributed by atoms with Crippen LogP contribution >= 0.6 is 11.8 Å². The lowest BCUT2D eigenvalue weighted by Crippen LogP contribution is -1.93. The number of halogens is 2. The van der Waals surface area contributed by atoms with Crippen molar-refractivity contribution in [1.29, 1.82) is 0 Å². The Hall–Kier alpha value is -1.68. The van der Waals surface area contributed by atoms with Crippen molar-refractivity contribution in [3.05, 3.63) is 65.7 Å². The SMILES string of the molecule is O=C(Sc1ccc(F)cc1)c1ccc(F)cc1. The molecule has 0 fully saturated rings. The summed E-state index contributed by atoms with van der Waals surface area (Å²) >= 11 is 0.983. The van der Waals surface area contributed by atoms with E-state index < -0.39 is 0 Å². The molecule has 0 radical (unpaired) electrons. The highest BCUT2D eigenvalue weighted by Crippen LogP contribution is 2.23. The van der Waals surface area contributed by atoms with E-state index in [1.165, 1.54) is 48.5 Å². The zero-order valence-corrected chi connectivity index (χ0v) is 9.51. The van der Waals surface area contributed by atoms with Gasteiger partial charge in [-0.2, -0.15) is 0 Å². The first-order valence-electron chi connectivity index (χ1n) is 4.88. The summed E-state index contributed by atoms with van der Waals surface area (Å²) in [5.41, 5.74) is 0.417. The van der Waals surface area contributed by atoms with Crippen molar-refractivity contribution in [2.24, 2.45) is 0 Å².